The fourth-order valence-corrected chi connectivity index (χ4v) is 9.38. The first kappa shape index (κ1) is 41.5. The van der Waals surface area contributed by atoms with E-state index < -0.39 is 0 Å². The average molecular weight is 878 g/mol. The first-order chi connectivity index (χ1) is 34.0. The Bertz CT molecular complexity index is 3760. The highest BCUT2D eigenvalue weighted by Gasteiger charge is 2.26. The summed E-state index contributed by atoms with van der Waals surface area (Å²) < 4.78 is 2.23. The van der Waals surface area contributed by atoms with E-state index in [2.05, 4.69) is 64.0 Å². The molecule has 0 bridgehead atoms. The lowest BCUT2D eigenvalue weighted by atomic mass is 9.88. The molecule has 0 N–H and O–H groups in total. The van der Waals surface area contributed by atoms with Crippen molar-refractivity contribution in [3.05, 3.63) is 240 Å². The lowest BCUT2D eigenvalue weighted by Crippen LogP contribution is -2.04. The van der Waals surface area contributed by atoms with E-state index in [1.165, 1.54) is 0 Å². The van der Waals surface area contributed by atoms with Gasteiger partial charge in [-0.1, -0.05) is 152 Å². The van der Waals surface area contributed by atoms with Gasteiger partial charge in [-0.2, -0.15) is 15.8 Å². The molecule has 0 unspecified atom stereocenters. The van der Waals surface area contributed by atoms with Crippen molar-refractivity contribution in [2.24, 2.45) is 0 Å². The number of fused-ring (bicyclic) bond motifs is 3. The molecule has 0 radical (unpaired) electrons. The number of rotatable bonds is 8. The van der Waals surface area contributed by atoms with Gasteiger partial charge in [0.25, 0.3) is 0 Å². The molecule has 0 aliphatic rings. The van der Waals surface area contributed by atoms with E-state index in [0.717, 1.165) is 83.3 Å². The summed E-state index contributed by atoms with van der Waals surface area (Å²) in [4.78, 5) is 14.2. The Morgan fingerprint density at radius 1 is 0.377 bits per heavy atom. The van der Waals surface area contributed by atoms with E-state index in [-0.39, 0.29) is 0 Å². The minimum atomic E-state index is 0.474. The van der Waals surface area contributed by atoms with Crippen LogP contribution in [0.2, 0.25) is 0 Å². The molecule has 0 atom stereocenters. The van der Waals surface area contributed by atoms with Gasteiger partial charge < -0.3 is 4.57 Å². The van der Waals surface area contributed by atoms with Crippen molar-refractivity contribution < 1.29 is 0 Å². The molecule has 9 aromatic carbocycles. The number of benzene rings is 9. The Balaban J connectivity index is 1.29. The molecule has 2 aromatic heterocycles. The Hall–Kier alpha value is -10.2. The lowest BCUT2D eigenvalue weighted by molar-refractivity contribution is 1.17. The summed E-state index contributed by atoms with van der Waals surface area (Å²) in [5.74, 6) is 0.556. The van der Waals surface area contributed by atoms with Crippen LogP contribution in [0.5, 0.6) is 0 Å². The zero-order valence-corrected chi connectivity index (χ0v) is 36.8. The fourth-order valence-electron chi connectivity index (χ4n) is 9.38. The fraction of sp³-hybridized carbons (Fsp3) is 0. The van der Waals surface area contributed by atoms with E-state index in [0.29, 0.717) is 45.0 Å². The summed E-state index contributed by atoms with van der Waals surface area (Å²) >= 11 is 0. The van der Waals surface area contributed by atoms with Gasteiger partial charge in [-0.3, -0.25) is 0 Å². The van der Waals surface area contributed by atoms with Crippen molar-refractivity contribution in [1.29, 1.82) is 15.8 Å². The first-order valence-corrected chi connectivity index (χ1v) is 22.3. The molecule has 0 saturated carbocycles. The average Bonchev–Trinajstić information content (AvgIpc) is 3.75. The maximum Gasteiger partial charge on any atom is 0.194 e. The van der Waals surface area contributed by atoms with Crippen LogP contribution < -0.4 is 0 Å². The summed E-state index contributed by atoms with van der Waals surface area (Å²) in [6, 6.07) is 76.4. The van der Waals surface area contributed by atoms with Gasteiger partial charge in [0.05, 0.1) is 69.6 Å². The molecule has 318 valence electrons. The van der Waals surface area contributed by atoms with Crippen LogP contribution in [0.1, 0.15) is 16.7 Å². The topological polar surface area (TPSA) is 106 Å². The molecule has 0 spiro atoms. The van der Waals surface area contributed by atoms with Crippen molar-refractivity contribution >= 4 is 27.5 Å². The third-order valence-electron chi connectivity index (χ3n) is 12.6. The zero-order valence-electron chi connectivity index (χ0n) is 36.8. The smallest absolute Gasteiger partial charge is 0.194 e. The van der Waals surface area contributed by atoms with Gasteiger partial charge in [0.2, 0.25) is 0 Å². The van der Waals surface area contributed by atoms with Crippen molar-refractivity contribution in [1.82, 2.24) is 14.5 Å². The third kappa shape index (κ3) is 7.42. The van der Waals surface area contributed by atoms with Crippen molar-refractivity contribution in [3.8, 4) is 102 Å². The molecule has 7 heteroatoms. The molecular formula is C62H35N7. The predicted molar refractivity (Wildman–Crippen MR) is 275 cm³/mol. The molecule has 0 aliphatic heterocycles. The Morgan fingerprint density at radius 3 is 1.35 bits per heavy atom. The number of hydrogen-bond donors (Lipinski definition) is 0. The molecule has 69 heavy (non-hydrogen) atoms. The molecular weight excluding hydrogens is 843 g/mol. The first-order valence-electron chi connectivity index (χ1n) is 22.3. The van der Waals surface area contributed by atoms with Gasteiger partial charge >= 0.3 is 0 Å². The van der Waals surface area contributed by atoms with Gasteiger partial charge in [-0.05, 0) is 82.9 Å². The summed E-state index contributed by atoms with van der Waals surface area (Å²) in [7, 11) is 0. The SMILES string of the molecule is [C-]#[N+]c1ccccc1-c1ccc2c(c1)c1cc(-c3ccccc3C#N)ccc1n2-c1c(-c2ccccc2C#N)cc(-c2cc(-c3ccccc3)nc(-c3ccccc3)n2)cc1-c1ccccc1C#N. The van der Waals surface area contributed by atoms with Crippen LogP contribution in [0.25, 0.3) is 111 Å². The largest absolute Gasteiger partial charge is 0.308 e. The highest BCUT2D eigenvalue weighted by atomic mass is 15.0. The Labute approximate surface area is 398 Å². The number of para-hydroxylation sites is 1. The minimum Gasteiger partial charge on any atom is -0.308 e. The zero-order chi connectivity index (χ0) is 46.8. The van der Waals surface area contributed by atoms with Crippen LogP contribution in [0, 0.1) is 40.6 Å². The van der Waals surface area contributed by atoms with Crippen LogP contribution in [-0.2, 0) is 0 Å². The molecule has 0 saturated heterocycles. The number of aromatic nitrogens is 3. The maximum absolute atomic E-state index is 10.8. The normalized spacial score (nSPS) is 10.8. The van der Waals surface area contributed by atoms with Crippen LogP contribution in [0.4, 0.5) is 5.69 Å². The molecule has 2 heterocycles. The van der Waals surface area contributed by atoms with E-state index in [4.69, 9.17) is 16.5 Å². The number of hydrogen-bond acceptors (Lipinski definition) is 5. The van der Waals surface area contributed by atoms with Crippen LogP contribution in [0.15, 0.2) is 212 Å². The molecule has 7 nitrogen and oxygen atoms in total. The highest BCUT2D eigenvalue weighted by molar-refractivity contribution is 6.13. The number of nitrogens with zero attached hydrogens (tertiary/aromatic N) is 7. The van der Waals surface area contributed by atoms with Gasteiger partial charge in [0.1, 0.15) is 0 Å². The Kier molecular flexibility index (Phi) is 10.6. The van der Waals surface area contributed by atoms with E-state index in [1.807, 2.05) is 176 Å². The summed E-state index contributed by atoms with van der Waals surface area (Å²) in [5, 5.41) is 33.7. The van der Waals surface area contributed by atoms with Crippen molar-refractivity contribution in [2.45, 2.75) is 0 Å². The van der Waals surface area contributed by atoms with Gasteiger partial charge in [0, 0.05) is 49.7 Å². The highest BCUT2D eigenvalue weighted by Crippen LogP contribution is 2.47. The molecule has 0 amide bonds. The summed E-state index contributed by atoms with van der Waals surface area (Å²) in [5.41, 5.74) is 14.7. The minimum absolute atomic E-state index is 0.474. The molecule has 0 aliphatic carbocycles. The maximum atomic E-state index is 10.8. The van der Waals surface area contributed by atoms with Gasteiger partial charge in [-0.25, -0.2) is 14.8 Å². The van der Waals surface area contributed by atoms with Crippen LogP contribution in [-0.4, -0.2) is 14.5 Å². The van der Waals surface area contributed by atoms with E-state index in [9.17, 15) is 15.8 Å². The second-order valence-electron chi connectivity index (χ2n) is 16.5. The third-order valence-corrected chi connectivity index (χ3v) is 12.6. The van der Waals surface area contributed by atoms with Crippen molar-refractivity contribution in [3.63, 3.8) is 0 Å². The standard InChI is InChI=1S/C62H35N7/c1-66-56-27-15-14-26-51(56)43-29-31-60-53(33-43)52-32-42(48-23-11-8-20-44(48)37-63)28-30-59(52)69(60)61-54(49-24-12-9-21-45(49)38-64)34-47(35-55(61)50-25-13-10-22-46(50)39-65)58-36-57(40-16-4-2-5-17-40)67-62(68-58)41-18-6-3-7-19-41/h2-36H. The second-order valence-corrected chi connectivity index (χ2v) is 16.5. The van der Waals surface area contributed by atoms with Crippen LogP contribution in [0.3, 0.4) is 0 Å². The summed E-state index contributed by atoms with van der Waals surface area (Å²) in [6.45, 7) is 8.01. The second kappa shape index (κ2) is 17.7. The van der Waals surface area contributed by atoms with E-state index in [1.54, 1.807) is 0 Å². The van der Waals surface area contributed by atoms with Gasteiger partial charge in [-0.15, -0.1) is 0 Å². The molecule has 11 rings (SSSR count). The lowest BCUT2D eigenvalue weighted by Gasteiger charge is -2.22. The van der Waals surface area contributed by atoms with Crippen LogP contribution >= 0.6 is 0 Å². The Morgan fingerprint density at radius 2 is 0.812 bits per heavy atom. The molecule has 11 aromatic rings. The van der Waals surface area contributed by atoms with Gasteiger partial charge in [0.15, 0.2) is 11.5 Å². The molecule has 0 fully saturated rings. The van der Waals surface area contributed by atoms with E-state index >= 15 is 0 Å². The van der Waals surface area contributed by atoms with Crippen molar-refractivity contribution in [2.75, 3.05) is 0 Å². The number of nitriles is 3. The monoisotopic (exact) mass is 877 g/mol. The quantitative estimate of drug-likeness (QED) is 0.141. The summed E-state index contributed by atoms with van der Waals surface area (Å²) in [6.07, 6.45) is 0. The predicted octanol–water partition coefficient (Wildman–Crippen LogP) is 15.4.